The highest BCUT2D eigenvalue weighted by Crippen LogP contribution is 2.10. The smallest absolute Gasteiger partial charge is 0.264 e. The first-order valence-electron chi connectivity index (χ1n) is 12.0. The predicted octanol–water partition coefficient (Wildman–Crippen LogP) is 4.44. The minimum atomic E-state index is -3.25. The van der Waals surface area contributed by atoms with Gasteiger partial charge in [-0.1, -0.05) is 76.9 Å². The first kappa shape index (κ1) is 32.3. The lowest BCUT2D eigenvalue weighted by Crippen LogP contribution is -2.45. The molecule has 0 bridgehead atoms. The van der Waals surface area contributed by atoms with E-state index in [0.717, 1.165) is 19.1 Å². The van der Waals surface area contributed by atoms with E-state index in [1.54, 1.807) is 21.1 Å². The van der Waals surface area contributed by atoms with E-state index in [0.29, 0.717) is 11.1 Å². The van der Waals surface area contributed by atoms with Gasteiger partial charge in [-0.2, -0.15) is 8.42 Å². The molecule has 0 aromatic heterocycles. The van der Waals surface area contributed by atoms with Crippen LogP contribution in [0.5, 0.6) is 0 Å². The lowest BCUT2D eigenvalue weighted by molar-refractivity contribution is -0.864. The SMILES string of the molecule is CCCCCCCC/C=C/CCCCCCCCOS(C)(=O)=O.C[N+](C)(C)CC(=O)[O-]. The van der Waals surface area contributed by atoms with E-state index >= 15 is 0 Å². The van der Waals surface area contributed by atoms with Crippen LogP contribution in [0.4, 0.5) is 0 Å². The molecule has 0 aromatic carbocycles. The predicted molar refractivity (Wildman–Crippen MR) is 128 cm³/mol. The average Bonchev–Trinajstić information content (AvgIpc) is 2.62. The second-order valence-corrected chi connectivity index (χ2v) is 10.9. The highest BCUT2D eigenvalue weighted by molar-refractivity contribution is 7.85. The van der Waals surface area contributed by atoms with Crippen molar-refractivity contribution in [1.82, 2.24) is 0 Å². The number of nitrogens with zero attached hydrogens (tertiary/aromatic N) is 1. The molecule has 0 radical (unpaired) electrons. The van der Waals surface area contributed by atoms with E-state index in [9.17, 15) is 18.3 Å². The number of rotatable bonds is 19. The van der Waals surface area contributed by atoms with Crippen LogP contribution >= 0.6 is 0 Å². The Hall–Kier alpha value is -0.920. The van der Waals surface area contributed by atoms with Gasteiger partial charge < -0.3 is 14.4 Å². The van der Waals surface area contributed by atoms with Gasteiger partial charge in [-0.3, -0.25) is 4.18 Å². The molecule has 0 unspecified atom stereocenters. The van der Waals surface area contributed by atoms with Crippen LogP contribution in [0, 0.1) is 0 Å². The van der Waals surface area contributed by atoms with E-state index in [1.807, 2.05) is 0 Å². The fourth-order valence-corrected chi connectivity index (χ4v) is 3.37. The molecule has 7 heteroatoms. The van der Waals surface area contributed by atoms with E-state index in [-0.39, 0.29) is 6.54 Å². The number of hydrogen-bond acceptors (Lipinski definition) is 5. The van der Waals surface area contributed by atoms with Gasteiger partial charge in [-0.25, -0.2) is 0 Å². The number of carbonyl (C=O) groups excluding carboxylic acids is 1. The molecule has 6 nitrogen and oxygen atoms in total. The molecule has 0 N–H and O–H groups in total. The van der Waals surface area contributed by atoms with Crippen LogP contribution < -0.4 is 5.11 Å². The van der Waals surface area contributed by atoms with Crippen molar-refractivity contribution in [3.63, 3.8) is 0 Å². The van der Waals surface area contributed by atoms with Gasteiger partial charge in [0.2, 0.25) is 0 Å². The molecular weight excluding hydrogens is 414 g/mol. The van der Waals surface area contributed by atoms with Crippen molar-refractivity contribution in [3.8, 4) is 0 Å². The van der Waals surface area contributed by atoms with Crippen molar-refractivity contribution in [2.24, 2.45) is 0 Å². The van der Waals surface area contributed by atoms with Gasteiger partial charge in [-0.05, 0) is 32.1 Å². The number of carbonyl (C=O) groups is 1. The third kappa shape index (κ3) is 36.8. The monoisotopic (exact) mass is 463 g/mol. The van der Waals surface area contributed by atoms with Crippen LogP contribution in [0.1, 0.15) is 96.8 Å². The fraction of sp³-hybridized carbons (Fsp3) is 0.875. The van der Waals surface area contributed by atoms with Crippen molar-refractivity contribution in [1.29, 1.82) is 0 Å². The van der Waals surface area contributed by atoms with E-state index in [1.165, 1.54) is 77.0 Å². The molecule has 0 fully saturated rings. The molecule has 0 amide bonds. The van der Waals surface area contributed by atoms with Crippen LogP contribution in [0.25, 0.3) is 0 Å². The zero-order valence-corrected chi connectivity index (χ0v) is 21.7. The lowest BCUT2D eigenvalue weighted by Gasteiger charge is -2.23. The number of quaternary nitrogens is 1. The Kier molecular flexibility index (Phi) is 21.8. The molecule has 0 aliphatic carbocycles. The summed E-state index contributed by atoms with van der Waals surface area (Å²) in [7, 11) is 2.15. The highest BCUT2D eigenvalue weighted by Gasteiger charge is 2.04. The summed E-state index contributed by atoms with van der Waals surface area (Å²) in [5.41, 5.74) is 0. The van der Waals surface area contributed by atoms with E-state index in [4.69, 9.17) is 4.18 Å². The summed E-state index contributed by atoms with van der Waals surface area (Å²) in [5.74, 6) is -1.00. The summed E-state index contributed by atoms with van der Waals surface area (Å²) in [4.78, 5) is 9.89. The summed E-state index contributed by atoms with van der Waals surface area (Å²) >= 11 is 0. The number of hydrogen-bond donors (Lipinski definition) is 0. The zero-order chi connectivity index (χ0) is 24.0. The van der Waals surface area contributed by atoms with Crippen LogP contribution in [0.3, 0.4) is 0 Å². The van der Waals surface area contributed by atoms with Crippen LogP contribution in [0.15, 0.2) is 12.2 Å². The Labute approximate surface area is 192 Å². The minimum Gasteiger partial charge on any atom is -0.544 e. The summed E-state index contributed by atoms with van der Waals surface area (Å²) < 4.78 is 26.7. The van der Waals surface area contributed by atoms with Crippen molar-refractivity contribution in [2.45, 2.75) is 96.8 Å². The van der Waals surface area contributed by atoms with Gasteiger partial charge in [0.1, 0.15) is 6.54 Å². The first-order valence-corrected chi connectivity index (χ1v) is 13.8. The highest BCUT2D eigenvalue weighted by atomic mass is 32.2. The second-order valence-electron chi connectivity index (χ2n) is 9.28. The molecule has 0 atom stereocenters. The van der Waals surface area contributed by atoms with Gasteiger partial charge in [-0.15, -0.1) is 0 Å². The molecule has 0 saturated heterocycles. The molecular formula is C24H49NO5S. The van der Waals surface area contributed by atoms with E-state index < -0.39 is 16.1 Å². The summed E-state index contributed by atoms with van der Waals surface area (Å²) in [5, 5.41) is 9.89. The lowest BCUT2D eigenvalue weighted by atomic mass is 10.1. The Morgan fingerprint density at radius 3 is 1.58 bits per heavy atom. The molecule has 0 aromatic rings. The van der Waals surface area contributed by atoms with Crippen molar-refractivity contribution in [3.05, 3.63) is 12.2 Å². The quantitative estimate of drug-likeness (QED) is 0.122. The van der Waals surface area contributed by atoms with Gasteiger partial charge >= 0.3 is 0 Å². The Morgan fingerprint density at radius 1 is 0.806 bits per heavy atom. The molecule has 0 spiro atoms. The number of carboxylic acid groups (broad SMARTS) is 1. The largest absolute Gasteiger partial charge is 0.544 e. The molecule has 0 aliphatic heterocycles. The molecule has 0 heterocycles. The van der Waals surface area contributed by atoms with Crippen LogP contribution in [-0.4, -0.2) is 59.4 Å². The molecule has 0 rings (SSSR count). The Balaban J connectivity index is 0. The van der Waals surface area contributed by atoms with Crippen molar-refractivity contribution >= 4 is 16.1 Å². The average molecular weight is 464 g/mol. The number of aliphatic carboxylic acids is 1. The third-order valence-corrected chi connectivity index (χ3v) is 5.15. The molecule has 0 aliphatic rings. The van der Waals surface area contributed by atoms with E-state index in [2.05, 4.69) is 19.1 Å². The number of likely N-dealkylation sites (N-methyl/N-ethyl adjacent to an activating group) is 1. The van der Waals surface area contributed by atoms with Crippen molar-refractivity contribution < 1.29 is 27.0 Å². The minimum absolute atomic E-state index is 0.0694. The maximum Gasteiger partial charge on any atom is 0.264 e. The Bertz CT molecular complexity index is 539. The summed E-state index contributed by atoms with van der Waals surface area (Å²) in [6.45, 7) is 2.66. The maximum absolute atomic E-state index is 10.8. The molecule has 31 heavy (non-hydrogen) atoms. The number of unbranched alkanes of at least 4 members (excludes halogenated alkanes) is 12. The topological polar surface area (TPSA) is 83.5 Å². The summed E-state index contributed by atoms with van der Waals surface area (Å²) in [6, 6.07) is 0. The maximum atomic E-state index is 10.8. The van der Waals surface area contributed by atoms with Crippen LogP contribution in [0.2, 0.25) is 0 Å². The molecule has 0 saturated carbocycles. The van der Waals surface area contributed by atoms with Gasteiger partial charge in [0.05, 0.1) is 40.0 Å². The third-order valence-electron chi connectivity index (χ3n) is 4.56. The van der Waals surface area contributed by atoms with Gasteiger partial charge in [0.25, 0.3) is 10.1 Å². The fourth-order valence-electron chi connectivity index (χ4n) is 2.95. The first-order chi connectivity index (χ1) is 14.5. The van der Waals surface area contributed by atoms with Gasteiger partial charge in [0.15, 0.2) is 0 Å². The standard InChI is InChI=1S/C19H38O3S.C5H11NO2/c1-3-4-5-6-7-8-9-10-11-12-13-14-15-16-17-18-19-22-23(2,20)21;1-6(2,3)4-5(7)8/h10-11H,3-9,12-19H2,1-2H3;4H2,1-3H3/b11-10+;. The van der Waals surface area contributed by atoms with Crippen molar-refractivity contribution in [2.75, 3.05) is 40.6 Å². The zero-order valence-electron chi connectivity index (χ0n) is 20.9. The number of allylic oxidation sites excluding steroid dienone is 2. The summed E-state index contributed by atoms with van der Waals surface area (Å²) in [6.07, 6.45) is 23.3. The second kappa shape index (κ2) is 21.0. The normalized spacial score (nSPS) is 12.0. The number of carboxylic acids is 1. The molecule has 186 valence electrons. The van der Waals surface area contributed by atoms with Gasteiger partial charge in [0, 0.05) is 0 Å². The Morgan fingerprint density at radius 2 is 1.23 bits per heavy atom. The van der Waals surface area contributed by atoms with Crippen LogP contribution in [-0.2, 0) is 19.1 Å².